The van der Waals surface area contributed by atoms with E-state index in [4.69, 9.17) is 5.26 Å². The molecule has 0 spiro atoms. The second-order valence-electron chi connectivity index (χ2n) is 1.76. The molecule has 1 aromatic rings. The molecule has 0 aliphatic rings. The summed E-state index contributed by atoms with van der Waals surface area (Å²) in [6, 6.07) is 3.98. The van der Waals surface area contributed by atoms with Crippen molar-refractivity contribution in [3.8, 4) is 6.07 Å². The van der Waals surface area contributed by atoms with E-state index in [1.807, 2.05) is 19.1 Å². The quantitative estimate of drug-likeness (QED) is 0.590. The zero-order chi connectivity index (χ0) is 6.69. The second kappa shape index (κ2) is 2.60. The Kier molecular flexibility index (Phi) is 1.81. The third kappa shape index (κ3) is 1.51. The number of nitriles is 1. The van der Waals surface area contributed by atoms with Gasteiger partial charge in [0.05, 0.1) is 18.2 Å². The predicted molar refractivity (Wildman–Crippen MR) is 36.2 cm³/mol. The Bertz CT molecular complexity index is 233. The minimum absolute atomic E-state index is 0.435. The van der Waals surface area contributed by atoms with Crippen LogP contribution in [0.5, 0.6) is 0 Å². The van der Waals surface area contributed by atoms with E-state index in [0.717, 1.165) is 5.69 Å². The summed E-state index contributed by atoms with van der Waals surface area (Å²) in [4.78, 5) is 1.17. The van der Waals surface area contributed by atoms with Crippen LogP contribution < -0.4 is 0 Å². The van der Waals surface area contributed by atoms with Crippen LogP contribution >= 0.6 is 11.5 Å². The summed E-state index contributed by atoms with van der Waals surface area (Å²) in [7, 11) is 0. The summed E-state index contributed by atoms with van der Waals surface area (Å²) in [5.41, 5.74) is 0.889. The molecule has 0 amide bonds. The first kappa shape index (κ1) is 6.24. The molecule has 2 nitrogen and oxygen atoms in total. The van der Waals surface area contributed by atoms with Gasteiger partial charge in [0.15, 0.2) is 0 Å². The average molecular weight is 138 g/mol. The topological polar surface area (TPSA) is 36.7 Å². The van der Waals surface area contributed by atoms with Gasteiger partial charge >= 0.3 is 0 Å². The summed E-state index contributed by atoms with van der Waals surface area (Å²) >= 11 is 1.44. The van der Waals surface area contributed by atoms with Crippen LogP contribution in [-0.4, -0.2) is 4.37 Å². The van der Waals surface area contributed by atoms with Gasteiger partial charge in [0.1, 0.15) is 0 Å². The van der Waals surface area contributed by atoms with Gasteiger partial charge in [-0.15, -0.1) is 0 Å². The Labute approximate surface area is 57.9 Å². The molecule has 1 aromatic heterocycles. The van der Waals surface area contributed by atoms with Crippen molar-refractivity contribution in [3.63, 3.8) is 0 Å². The minimum Gasteiger partial charge on any atom is -0.198 e. The lowest BCUT2D eigenvalue weighted by molar-refractivity contribution is 1.19. The molecule has 0 saturated carbocycles. The fourth-order valence-corrected chi connectivity index (χ4v) is 1.15. The maximum Gasteiger partial charge on any atom is 0.0785 e. The molecular weight excluding hydrogens is 132 g/mol. The molecule has 0 saturated heterocycles. The Balaban J connectivity index is 2.76. The molecule has 0 aliphatic heterocycles. The van der Waals surface area contributed by atoms with Gasteiger partial charge in [-0.25, -0.2) is 0 Å². The van der Waals surface area contributed by atoms with Crippen molar-refractivity contribution in [1.29, 1.82) is 5.26 Å². The van der Waals surface area contributed by atoms with Crippen LogP contribution in [0.15, 0.2) is 6.07 Å². The van der Waals surface area contributed by atoms with Crippen molar-refractivity contribution in [1.82, 2.24) is 4.37 Å². The standard InChI is InChI=1S/C6H6N2S/c1-5-4-6(2-3-7)8-9-5/h4H,2H2,1H3. The zero-order valence-corrected chi connectivity index (χ0v) is 5.90. The van der Waals surface area contributed by atoms with Crippen molar-refractivity contribution < 1.29 is 0 Å². The third-order valence-corrected chi connectivity index (χ3v) is 1.67. The zero-order valence-electron chi connectivity index (χ0n) is 5.09. The van der Waals surface area contributed by atoms with E-state index >= 15 is 0 Å². The molecule has 1 rings (SSSR count). The van der Waals surface area contributed by atoms with E-state index in [0.29, 0.717) is 6.42 Å². The van der Waals surface area contributed by atoms with Crippen molar-refractivity contribution in [2.45, 2.75) is 13.3 Å². The van der Waals surface area contributed by atoms with E-state index in [-0.39, 0.29) is 0 Å². The van der Waals surface area contributed by atoms with Gasteiger partial charge in [0, 0.05) is 4.88 Å². The molecule has 0 radical (unpaired) electrons. The lowest BCUT2D eigenvalue weighted by Gasteiger charge is -1.75. The first-order valence-corrected chi connectivity index (χ1v) is 3.39. The van der Waals surface area contributed by atoms with Crippen molar-refractivity contribution in [3.05, 3.63) is 16.6 Å². The highest BCUT2D eigenvalue weighted by Crippen LogP contribution is 2.07. The number of hydrogen-bond donors (Lipinski definition) is 0. The number of rotatable bonds is 1. The highest BCUT2D eigenvalue weighted by atomic mass is 32.1. The molecule has 1 heterocycles. The van der Waals surface area contributed by atoms with Crippen molar-refractivity contribution >= 4 is 11.5 Å². The maximum atomic E-state index is 8.24. The maximum absolute atomic E-state index is 8.24. The summed E-state index contributed by atoms with van der Waals surface area (Å²) in [5.74, 6) is 0. The minimum atomic E-state index is 0.435. The van der Waals surface area contributed by atoms with Gasteiger partial charge in [-0.05, 0) is 24.5 Å². The molecule has 0 bridgehead atoms. The summed E-state index contributed by atoms with van der Waals surface area (Å²) in [6.07, 6.45) is 0.435. The van der Waals surface area contributed by atoms with Gasteiger partial charge in [0.25, 0.3) is 0 Å². The first-order valence-electron chi connectivity index (χ1n) is 2.62. The normalized spacial score (nSPS) is 8.89. The smallest absolute Gasteiger partial charge is 0.0785 e. The van der Waals surface area contributed by atoms with E-state index in [1.165, 1.54) is 16.4 Å². The highest BCUT2D eigenvalue weighted by Gasteiger charge is 1.94. The Morgan fingerprint density at radius 3 is 3.11 bits per heavy atom. The molecule has 9 heavy (non-hydrogen) atoms. The third-order valence-electron chi connectivity index (χ3n) is 0.937. The van der Waals surface area contributed by atoms with Gasteiger partial charge in [0.2, 0.25) is 0 Å². The summed E-state index contributed by atoms with van der Waals surface area (Å²) in [6.45, 7) is 1.98. The second-order valence-corrected chi connectivity index (χ2v) is 2.77. The number of aryl methyl sites for hydroxylation is 1. The molecule has 3 heteroatoms. The molecule has 0 aliphatic carbocycles. The van der Waals surface area contributed by atoms with Crippen LogP contribution in [0.2, 0.25) is 0 Å². The fourth-order valence-electron chi connectivity index (χ4n) is 0.582. The molecule has 0 fully saturated rings. The van der Waals surface area contributed by atoms with Crippen LogP contribution in [0.1, 0.15) is 10.6 Å². The number of aromatic nitrogens is 1. The molecule has 0 aromatic carbocycles. The molecule has 46 valence electrons. The Morgan fingerprint density at radius 2 is 2.67 bits per heavy atom. The van der Waals surface area contributed by atoms with E-state index in [9.17, 15) is 0 Å². The Hall–Kier alpha value is -0.880. The van der Waals surface area contributed by atoms with Crippen molar-refractivity contribution in [2.24, 2.45) is 0 Å². The average Bonchev–Trinajstić information content (AvgIpc) is 2.17. The number of hydrogen-bond acceptors (Lipinski definition) is 3. The number of nitrogens with zero attached hydrogens (tertiary/aromatic N) is 2. The summed E-state index contributed by atoms with van der Waals surface area (Å²) in [5, 5.41) is 8.24. The lowest BCUT2D eigenvalue weighted by atomic mass is 10.3. The van der Waals surface area contributed by atoms with Crippen LogP contribution in [0.3, 0.4) is 0 Å². The van der Waals surface area contributed by atoms with Crippen molar-refractivity contribution in [2.75, 3.05) is 0 Å². The monoisotopic (exact) mass is 138 g/mol. The molecular formula is C6H6N2S. The SMILES string of the molecule is Cc1cc(CC#N)ns1. The molecule has 0 unspecified atom stereocenters. The van der Waals surface area contributed by atoms with Gasteiger partial charge < -0.3 is 0 Å². The fraction of sp³-hybridized carbons (Fsp3) is 0.333. The molecule has 0 N–H and O–H groups in total. The van der Waals surface area contributed by atoms with E-state index in [1.54, 1.807) is 0 Å². The van der Waals surface area contributed by atoms with Gasteiger partial charge in [-0.2, -0.15) is 9.64 Å². The van der Waals surface area contributed by atoms with E-state index in [2.05, 4.69) is 4.37 Å². The van der Waals surface area contributed by atoms with Crippen LogP contribution in [0.4, 0.5) is 0 Å². The van der Waals surface area contributed by atoms with Gasteiger partial charge in [-0.3, -0.25) is 0 Å². The molecule has 0 atom stereocenters. The largest absolute Gasteiger partial charge is 0.198 e. The summed E-state index contributed by atoms with van der Waals surface area (Å²) < 4.78 is 4.02. The highest BCUT2D eigenvalue weighted by molar-refractivity contribution is 7.05. The Morgan fingerprint density at radius 1 is 1.89 bits per heavy atom. The lowest BCUT2D eigenvalue weighted by Crippen LogP contribution is -1.76. The van der Waals surface area contributed by atoms with Crippen LogP contribution in [-0.2, 0) is 6.42 Å². The van der Waals surface area contributed by atoms with E-state index < -0.39 is 0 Å². The van der Waals surface area contributed by atoms with Crippen LogP contribution in [0, 0.1) is 18.3 Å². The van der Waals surface area contributed by atoms with Gasteiger partial charge in [-0.1, -0.05) is 0 Å². The predicted octanol–water partition coefficient (Wildman–Crippen LogP) is 1.52. The first-order chi connectivity index (χ1) is 4.33. The van der Waals surface area contributed by atoms with Crippen LogP contribution in [0.25, 0.3) is 0 Å².